The minimum atomic E-state index is -0.368. The third kappa shape index (κ3) is 4.35. The fourth-order valence-corrected chi connectivity index (χ4v) is 2.78. The number of amides is 2. The van der Waals surface area contributed by atoms with E-state index in [1.165, 1.54) is 19.4 Å². The van der Waals surface area contributed by atoms with Gasteiger partial charge in [0.1, 0.15) is 11.4 Å². The van der Waals surface area contributed by atoms with E-state index in [2.05, 4.69) is 15.6 Å². The molecule has 0 radical (unpaired) electrons. The number of aryl methyl sites for hydroxylation is 1. The van der Waals surface area contributed by atoms with Gasteiger partial charge < -0.3 is 15.4 Å². The molecule has 6 heteroatoms. The number of methoxy groups -OCH3 is 1. The number of carbonyl (C=O) groups excluding carboxylic acids is 2. The van der Waals surface area contributed by atoms with Crippen molar-refractivity contribution in [1.29, 1.82) is 0 Å². The van der Waals surface area contributed by atoms with Gasteiger partial charge in [-0.25, -0.2) is 0 Å². The lowest BCUT2D eigenvalue weighted by atomic mass is 10.1. The maximum atomic E-state index is 12.6. The Balaban J connectivity index is 1.78. The van der Waals surface area contributed by atoms with Crippen molar-refractivity contribution in [2.24, 2.45) is 0 Å². The maximum absolute atomic E-state index is 12.6. The van der Waals surface area contributed by atoms with Crippen molar-refractivity contribution in [1.82, 2.24) is 4.98 Å². The summed E-state index contributed by atoms with van der Waals surface area (Å²) < 4.78 is 5.24. The molecule has 0 saturated carbocycles. The first-order valence-electron chi connectivity index (χ1n) is 8.92. The van der Waals surface area contributed by atoms with Crippen molar-refractivity contribution in [2.45, 2.75) is 13.3 Å². The summed E-state index contributed by atoms with van der Waals surface area (Å²) in [6.45, 7) is 2.02. The summed E-state index contributed by atoms with van der Waals surface area (Å²) in [5.74, 6) is -0.165. The van der Waals surface area contributed by atoms with Crippen molar-refractivity contribution in [3.63, 3.8) is 0 Å². The average Bonchev–Trinajstić information content (AvgIpc) is 2.74. The van der Waals surface area contributed by atoms with E-state index in [4.69, 9.17) is 4.74 Å². The van der Waals surface area contributed by atoms with E-state index in [0.717, 1.165) is 17.7 Å². The highest BCUT2D eigenvalue weighted by atomic mass is 16.5. The van der Waals surface area contributed by atoms with E-state index < -0.39 is 0 Å². The van der Waals surface area contributed by atoms with Crippen molar-refractivity contribution >= 4 is 23.2 Å². The first-order valence-corrected chi connectivity index (χ1v) is 8.92. The summed E-state index contributed by atoms with van der Waals surface area (Å²) in [6, 6.07) is 17.7. The molecule has 0 saturated heterocycles. The number of nitrogens with zero attached hydrogens (tertiary/aromatic N) is 1. The van der Waals surface area contributed by atoms with Crippen LogP contribution < -0.4 is 15.4 Å². The molecule has 142 valence electrons. The van der Waals surface area contributed by atoms with Crippen molar-refractivity contribution < 1.29 is 14.3 Å². The molecule has 0 aliphatic rings. The number of para-hydroxylation sites is 3. The number of ether oxygens (including phenoxy) is 1. The summed E-state index contributed by atoms with van der Waals surface area (Å²) >= 11 is 0. The molecule has 0 aliphatic carbocycles. The topological polar surface area (TPSA) is 80.3 Å². The van der Waals surface area contributed by atoms with E-state index in [0.29, 0.717) is 17.0 Å². The number of carbonyl (C=O) groups is 2. The van der Waals surface area contributed by atoms with Gasteiger partial charge >= 0.3 is 0 Å². The highest BCUT2D eigenvalue weighted by Crippen LogP contribution is 2.23. The molecular formula is C22H21N3O3. The molecule has 2 aromatic carbocycles. The number of benzene rings is 2. The number of hydrogen-bond donors (Lipinski definition) is 2. The first-order chi connectivity index (χ1) is 13.6. The van der Waals surface area contributed by atoms with Gasteiger partial charge in [-0.2, -0.15) is 0 Å². The number of aromatic nitrogens is 1. The van der Waals surface area contributed by atoms with Crippen LogP contribution in [0, 0.1) is 0 Å². The zero-order chi connectivity index (χ0) is 19.9. The number of rotatable bonds is 6. The molecule has 1 aromatic heterocycles. The largest absolute Gasteiger partial charge is 0.495 e. The Morgan fingerprint density at radius 2 is 1.61 bits per heavy atom. The number of pyridine rings is 1. The van der Waals surface area contributed by atoms with E-state index >= 15 is 0 Å². The summed E-state index contributed by atoms with van der Waals surface area (Å²) in [5, 5.41) is 5.65. The van der Waals surface area contributed by atoms with Gasteiger partial charge in [0.25, 0.3) is 11.8 Å². The van der Waals surface area contributed by atoms with Crippen LogP contribution in [0.25, 0.3) is 0 Å². The Kier molecular flexibility index (Phi) is 6.01. The normalized spacial score (nSPS) is 10.2. The zero-order valence-electron chi connectivity index (χ0n) is 15.7. The average molecular weight is 375 g/mol. The van der Waals surface area contributed by atoms with Crippen LogP contribution in [0.5, 0.6) is 5.75 Å². The Bertz CT molecular complexity index is 925. The number of anilines is 2. The Morgan fingerprint density at radius 1 is 0.929 bits per heavy atom. The minimum absolute atomic E-state index is 0.165. The molecular weight excluding hydrogens is 354 g/mol. The highest BCUT2D eigenvalue weighted by molar-refractivity contribution is 6.08. The molecule has 2 amide bonds. The van der Waals surface area contributed by atoms with Gasteiger partial charge in [0.2, 0.25) is 0 Å². The second-order valence-electron chi connectivity index (χ2n) is 6.05. The molecule has 0 unspecified atom stereocenters. The van der Waals surface area contributed by atoms with Crippen LogP contribution in [0.3, 0.4) is 0 Å². The molecule has 28 heavy (non-hydrogen) atoms. The van der Waals surface area contributed by atoms with Gasteiger partial charge in [0, 0.05) is 17.4 Å². The summed E-state index contributed by atoms with van der Waals surface area (Å²) in [7, 11) is 1.54. The van der Waals surface area contributed by atoms with Crippen molar-refractivity contribution in [3.8, 4) is 5.75 Å². The summed E-state index contributed by atoms with van der Waals surface area (Å²) in [5.41, 5.74) is 2.81. The predicted octanol–water partition coefficient (Wildman–Crippen LogP) is 4.16. The van der Waals surface area contributed by atoms with Crippen molar-refractivity contribution in [3.05, 3.63) is 83.7 Å². The standard InChI is InChI=1S/C22H21N3O3/c1-3-15-8-4-5-9-17(15)24-22(27)19-14-16(12-13-23-19)21(26)25-18-10-6-7-11-20(18)28-2/h4-14H,3H2,1-2H3,(H,24,27)(H,25,26). The minimum Gasteiger partial charge on any atom is -0.495 e. The first kappa shape index (κ1) is 19.1. The van der Waals surface area contributed by atoms with Crippen LogP contribution in [-0.2, 0) is 6.42 Å². The molecule has 0 fully saturated rings. The lowest BCUT2D eigenvalue weighted by molar-refractivity contribution is 0.102. The maximum Gasteiger partial charge on any atom is 0.274 e. The fourth-order valence-electron chi connectivity index (χ4n) is 2.78. The van der Waals surface area contributed by atoms with Gasteiger partial charge in [-0.3, -0.25) is 14.6 Å². The van der Waals surface area contributed by atoms with Crippen LogP contribution in [-0.4, -0.2) is 23.9 Å². The van der Waals surface area contributed by atoms with Crippen LogP contribution >= 0.6 is 0 Å². The lowest BCUT2D eigenvalue weighted by Crippen LogP contribution is -2.17. The molecule has 1 heterocycles. The molecule has 0 aliphatic heterocycles. The summed E-state index contributed by atoms with van der Waals surface area (Å²) in [6.07, 6.45) is 2.24. The molecule has 3 rings (SSSR count). The van der Waals surface area contributed by atoms with E-state index in [-0.39, 0.29) is 17.5 Å². The second kappa shape index (κ2) is 8.81. The monoisotopic (exact) mass is 375 g/mol. The SMILES string of the molecule is CCc1ccccc1NC(=O)c1cc(C(=O)Nc2ccccc2OC)ccn1. The van der Waals surface area contributed by atoms with Gasteiger partial charge in [-0.05, 0) is 42.3 Å². The number of hydrogen-bond acceptors (Lipinski definition) is 4. The molecule has 0 spiro atoms. The quantitative estimate of drug-likeness (QED) is 0.678. The van der Waals surface area contributed by atoms with Gasteiger partial charge in [-0.1, -0.05) is 37.3 Å². The van der Waals surface area contributed by atoms with Crippen LogP contribution in [0.1, 0.15) is 33.3 Å². The lowest BCUT2D eigenvalue weighted by Gasteiger charge is -2.11. The smallest absolute Gasteiger partial charge is 0.274 e. The van der Waals surface area contributed by atoms with Crippen LogP contribution in [0.15, 0.2) is 66.9 Å². The summed E-state index contributed by atoms with van der Waals surface area (Å²) in [4.78, 5) is 29.3. The third-order valence-corrected chi connectivity index (χ3v) is 4.26. The third-order valence-electron chi connectivity index (χ3n) is 4.26. The van der Waals surface area contributed by atoms with Crippen LogP contribution in [0.2, 0.25) is 0 Å². The van der Waals surface area contributed by atoms with E-state index in [1.54, 1.807) is 24.3 Å². The second-order valence-corrected chi connectivity index (χ2v) is 6.05. The number of nitrogens with one attached hydrogen (secondary N) is 2. The molecule has 0 atom stereocenters. The van der Waals surface area contributed by atoms with E-state index in [1.807, 2.05) is 37.3 Å². The predicted molar refractivity (Wildman–Crippen MR) is 109 cm³/mol. The molecule has 3 aromatic rings. The van der Waals surface area contributed by atoms with Gasteiger partial charge in [0.15, 0.2) is 0 Å². The van der Waals surface area contributed by atoms with Gasteiger partial charge in [-0.15, -0.1) is 0 Å². The van der Waals surface area contributed by atoms with Crippen LogP contribution in [0.4, 0.5) is 11.4 Å². The highest BCUT2D eigenvalue weighted by Gasteiger charge is 2.14. The fraction of sp³-hybridized carbons (Fsp3) is 0.136. The van der Waals surface area contributed by atoms with E-state index in [9.17, 15) is 9.59 Å². The van der Waals surface area contributed by atoms with Gasteiger partial charge in [0.05, 0.1) is 12.8 Å². The Morgan fingerprint density at radius 3 is 2.36 bits per heavy atom. The Labute approximate surface area is 163 Å². The zero-order valence-corrected chi connectivity index (χ0v) is 15.7. The Hall–Kier alpha value is -3.67. The van der Waals surface area contributed by atoms with Crippen molar-refractivity contribution in [2.75, 3.05) is 17.7 Å². The molecule has 6 nitrogen and oxygen atoms in total. The molecule has 2 N–H and O–H groups in total. The molecule has 0 bridgehead atoms.